The summed E-state index contributed by atoms with van der Waals surface area (Å²) in [6.45, 7) is 1.26. The average molecular weight is 810 g/mol. The Morgan fingerprint density at radius 3 is 2.27 bits per heavy atom. The van der Waals surface area contributed by atoms with Gasteiger partial charge in [0.05, 0.1) is 46.2 Å². The summed E-state index contributed by atoms with van der Waals surface area (Å²) in [5.41, 5.74) is 0.512. The number of primary amides is 1. The molecule has 2 amide bonds. The van der Waals surface area contributed by atoms with Gasteiger partial charge in [0.25, 0.3) is 24.2 Å². The molecule has 5 heterocycles. The van der Waals surface area contributed by atoms with Gasteiger partial charge in [-0.3, -0.25) is 14.3 Å². The van der Waals surface area contributed by atoms with Crippen molar-refractivity contribution in [2.75, 3.05) is 31.2 Å². The summed E-state index contributed by atoms with van der Waals surface area (Å²) in [5, 5.41) is 6.43. The number of hydrogen-bond donors (Lipinski definition) is 2. The van der Waals surface area contributed by atoms with Crippen LogP contribution in [0.4, 0.5) is 44.6 Å². The molecule has 10 nitrogen and oxygen atoms in total. The second-order valence-corrected chi connectivity index (χ2v) is 15.2. The maximum atomic E-state index is 15.2. The Balaban J connectivity index is 1.24. The van der Waals surface area contributed by atoms with Crippen molar-refractivity contribution in [2.45, 2.75) is 50.1 Å². The van der Waals surface area contributed by atoms with E-state index >= 15 is 8.78 Å². The highest BCUT2D eigenvalue weighted by molar-refractivity contribution is 7.22. The molecule has 294 valence electrons. The zero-order valence-electron chi connectivity index (χ0n) is 28.7. The molecule has 2 fully saturated rings. The van der Waals surface area contributed by atoms with Crippen molar-refractivity contribution in [3.63, 3.8) is 0 Å². The number of hydrogen-bond acceptors (Lipinski definition) is 8. The molecule has 2 saturated heterocycles. The van der Waals surface area contributed by atoms with Crippen molar-refractivity contribution in [3.05, 3.63) is 93.7 Å². The first kappa shape index (κ1) is 37.7. The Hall–Kier alpha value is -5.24. The maximum Gasteiger partial charge on any atom is 0.290 e. The van der Waals surface area contributed by atoms with E-state index in [4.69, 9.17) is 15.5 Å². The van der Waals surface area contributed by atoms with Crippen molar-refractivity contribution in [1.82, 2.24) is 25.1 Å². The molecule has 1 aliphatic carbocycles. The number of halogens is 9. The van der Waals surface area contributed by atoms with Crippen LogP contribution in [0.5, 0.6) is 0 Å². The van der Waals surface area contributed by atoms with E-state index in [0.717, 1.165) is 24.3 Å². The van der Waals surface area contributed by atoms with Gasteiger partial charge in [0.1, 0.15) is 35.4 Å². The zero-order valence-corrected chi connectivity index (χ0v) is 29.5. The number of fused-ring (bicyclic) bond motifs is 2. The molecule has 0 unspecified atom stereocenters. The number of pyridine rings is 1. The molecule has 0 saturated carbocycles. The first-order valence-electron chi connectivity index (χ1n) is 17.1. The minimum Gasteiger partial charge on any atom is -0.380 e. The van der Waals surface area contributed by atoms with E-state index < -0.39 is 102 Å². The van der Waals surface area contributed by atoms with E-state index in [0.29, 0.717) is 42.2 Å². The van der Waals surface area contributed by atoms with Crippen LogP contribution in [0.1, 0.15) is 63.9 Å². The minimum atomic E-state index is -4.09. The van der Waals surface area contributed by atoms with E-state index in [1.807, 2.05) is 4.90 Å². The van der Waals surface area contributed by atoms with E-state index in [1.54, 1.807) is 6.07 Å². The van der Waals surface area contributed by atoms with Crippen LogP contribution >= 0.6 is 11.3 Å². The third-order valence-corrected chi connectivity index (χ3v) is 11.1. The highest BCUT2D eigenvalue weighted by Gasteiger charge is 2.55. The number of ether oxygens (including phenoxy) is 1. The molecule has 3 N–H and O–H groups in total. The van der Waals surface area contributed by atoms with E-state index in [1.165, 1.54) is 17.4 Å². The fraction of sp³-hybridized carbons (Fsp3) is 0.361. The molecule has 2 aromatic carbocycles. The van der Waals surface area contributed by atoms with Crippen molar-refractivity contribution < 1.29 is 53.8 Å². The second kappa shape index (κ2) is 13.5. The van der Waals surface area contributed by atoms with E-state index in [9.17, 15) is 40.3 Å². The molecule has 8 rings (SSSR count). The molecule has 2 aliphatic heterocycles. The van der Waals surface area contributed by atoms with Crippen LogP contribution in [0, 0.1) is 22.9 Å². The number of carbonyl (C=O) groups is 2. The summed E-state index contributed by atoms with van der Waals surface area (Å²) in [6.07, 6.45) is -6.96. The van der Waals surface area contributed by atoms with Crippen LogP contribution in [0.15, 0.2) is 42.5 Å². The van der Waals surface area contributed by atoms with Gasteiger partial charge in [0.15, 0.2) is 10.8 Å². The molecular weight excluding hydrogens is 781 g/mol. The Labute approximate surface area is 314 Å². The summed E-state index contributed by atoms with van der Waals surface area (Å²) in [6, 6.07) is 6.05. The average Bonchev–Trinajstić information content (AvgIpc) is 3.67. The van der Waals surface area contributed by atoms with Gasteiger partial charge in [0.2, 0.25) is 5.91 Å². The van der Waals surface area contributed by atoms with Gasteiger partial charge in [-0.05, 0) is 47.9 Å². The smallest absolute Gasteiger partial charge is 0.290 e. The van der Waals surface area contributed by atoms with Gasteiger partial charge < -0.3 is 20.7 Å². The number of alkyl halides is 6. The first-order chi connectivity index (χ1) is 26.4. The Kier molecular flexibility index (Phi) is 9.05. The molecular formula is C36H28F9N7O3S. The third-order valence-electron chi connectivity index (χ3n) is 10.1. The minimum absolute atomic E-state index is 0.0141. The van der Waals surface area contributed by atoms with Crippen LogP contribution in [-0.4, -0.2) is 57.9 Å². The number of rotatable bonds is 10. The summed E-state index contributed by atoms with van der Waals surface area (Å²) in [4.78, 5) is 37.3. The number of benzene rings is 2. The second-order valence-electron chi connectivity index (χ2n) is 14.2. The molecule has 1 spiro atoms. The molecule has 5 aromatic rings. The lowest BCUT2D eigenvalue weighted by Crippen LogP contribution is -2.66. The topological polar surface area (TPSA) is 128 Å². The van der Waals surface area contributed by atoms with Crippen molar-refractivity contribution in [3.8, 4) is 11.1 Å². The zero-order chi connectivity index (χ0) is 39.9. The molecule has 3 aromatic heterocycles. The van der Waals surface area contributed by atoms with Gasteiger partial charge in [0, 0.05) is 37.6 Å². The highest BCUT2D eigenvalue weighted by Crippen LogP contribution is 2.52. The summed E-state index contributed by atoms with van der Waals surface area (Å²) in [7, 11) is 0. The monoisotopic (exact) mass is 809 g/mol. The van der Waals surface area contributed by atoms with Gasteiger partial charge in [-0.1, -0.05) is 17.4 Å². The fourth-order valence-corrected chi connectivity index (χ4v) is 8.39. The number of nitrogens with one attached hydrogen (secondary N) is 1. The van der Waals surface area contributed by atoms with Gasteiger partial charge in [-0.2, -0.15) is 18.9 Å². The molecule has 56 heavy (non-hydrogen) atoms. The number of aromatic nitrogens is 4. The summed E-state index contributed by atoms with van der Waals surface area (Å²) in [5.74, 6) is -13.4. The predicted molar refractivity (Wildman–Crippen MR) is 182 cm³/mol. The standard InChI is InChI=1S/C36H28F9N7O3S/c37-18-5-16(6-19(38)9-18)7-23(47-25(53)11-52-29-26(28(50-52)30(40)41)35(42,43)3-4-36(29,44)45)27-20(17-1-2-22(39)21(8-17)31(46)54)10-24-32(48-27)49-33(56-24)51-12-34(13-51)14-55-15-34/h1-2,5-6,8-10,23,30H,3-4,7,11-15H2,(H2,46,54)(H,47,53)/t23-/m0/s1. The van der Waals surface area contributed by atoms with Gasteiger partial charge >= 0.3 is 0 Å². The van der Waals surface area contributed by atoms with Crippen LogP contribution in [-0.2, 0) is 34.3 Å². The van der Waals surface area contributed by atoms with Gasteiger partial charge in [-0.25, -0.2) is 35.7 Å². The Morgan fingerprint density at radius 2 is 1.62 bits per heavy atom. The van der Waals surface area contributed by atoms with Crippen LogP contribution in [0.2, 0.25) is 0 Å². The van der Waals surface area contributed by atoms with Crippen LogP contribution in [0.3, 0.4) is 0 Å². The lowest BCUT2D eigenvalue weighted by Gasteiger charge is -2.54. The number of thiazole rings is 1. The lowest BCUT2D eigenvalue weighted by atomic mass is 9.78. The fourth-order valence-electron chi connectivity index (χ4n) is 7.45. The van der Waals surface area contributed by atoms with Crippen molar-refractivity contribution >= 4 is 38.6 Å². The van der Waals surface area contributed by atoms with Crippen LogP contribution < -0.4 is 16.0 Å². The van der Waals surface area contributed by atoms with Gasteiger partial charge in [-0.15, -0.1) is 0 Å². The quantitative estimate of drug-likeness (QED) is 0.147. The molecule has 3 aliphatic rings. The number of amides is 2. The number of carbonyl (C=O) groups excluding carboxylic acids is 2. The normalized spacial score (nSPS) is 18.4. The number of nitrogens with two attached hydrogens (primary N) is 1. The summed E-state index contributed by atoms with van der Waals surface area (Å²) >= 11 is 1.25. The maximum absolute atomic E-state index is 15.2. The third kappa shape index (κ3) is 6.71. The van der Waals surface area contributed by atoms with Crippen molar-refractivity contribution in [2.24, 2.45) is 11.1 Å². The van der Waals surface area contributed by atoms with Crippen LogP contribution in [0.25, 0.3) is 21.5 Å². The Morgan fingerprint density at radius 1 is 0.929 bits per heavy atom. The van der Waals surface area contributed by atoms with Crippen molar-refractivity contribution in [1.29, 1.82) is 0 Å². The highest BCUT2D eigenvalue weighted by atomic mass is 32.1. The molecule has 20 heteroatoms. The first-order valence-corrected chi connectivity index (χ1v) is 17.9. The Bertz CT molecular complexity index is 2390. The number of anilines is 1. The summed E-state index contributed by atoms with van der Waals surface area (Å²) < 4.78 is 137. The largest absolute Gasteiger partial charge is 0.380 e. The lowest BCUT2D eigenvalue weighted by molar-refractivity contribution is -0.127. The molecule has 1 atom stereocenters. The predicted octanol–water partition coefficient (Wildman–Crippen LogP) is 6.92. The molecule has 0 bridgehead atoms. The number of nitrogens with zero attached hydrogens (tertiary/aromatic N) is 5. The SMILES string of the molecule is NC(=O)c1cc(-c2cc3sc(N4CC5(COC5)C4)nc3nc2[C@H](Cc2cc(F)cc(F)c2)NC(=O)Cn2nc(C(F)F)c3c2C(F)(F)CCC3(F)F)ccc1F. The van der Waals surface area contributed by atoms with E-state index in [2.05, 4.69) is 15.4 Å². The van der Waals surface area contributed by atoms with E-state index in [-0.39, 0.29) is 38.1 Å². The molecule has 0 radical (unpaired) electrons.